The second kappa shape index (κ2) is 11.0. The lowest BCUT2D eigenvalue weighted by Gasteiger charge is -2.35. The van der Waals surface area contributed by atoms with Crippen LogP contribution >= 0.6 is 0 Å². The van der Waals surface area contributed by atoms with Crippen LogP contribution in [0.4, 0.5) is 38.0 Å². The Labute approximate surface area is 223 Å². The Balaban J connectivity index is 0.000000470. The quantitative estimate of drug-likeness (QED) is 0.426. The van der Waals surface area contributed by atoms with Crippen molar-refractivity contribution in [2.24, 2.45) is 0 Å². The fourth-order valence-corrected chi connectivity index (χ4v) is 5.16. The molecule has 2 N–H and O–H groups in total. The van der Waals surface area contributed by atoms with Crippen LogP contribution in [0.15, 0.2) is 47.6 Å². The molecule has 0 radical (unpaired) electrons. The van der Waals surface area contributed by atoms with E-state index in [0.717, 1.165) is 42.6 Å². The molecule has 2 aromatic heterocycles. The van der Waals surface area contributed by atoms with E-state index in [-0.39, 0.29) is 18.0 Å². The van der Waals surface area contributed by atoms with Crippen LogP contribution < -0.4 is 10.2 Å². The third-order valence-electron chi connectivity index (χ3n) is 5.97. The Hall–Kier alpha value is -3.73. The summed E-state index contributed by atoms with van der Waals surface area (Å²) in [5, 5.41) is 10.5. The van der Waals surface area contributed by atoms with Crippen LogP contribution in [-0.4, -0.2) is 77.1 Å². The molecule has 1 aliphatic carbocycles. The molecule has 3 aromatic rings. The number of fused-ring (bicyclic) bond motifs is 1. The minimum atomic E-state index is -5.08. The minimum absolute atomic E-state index is 0.156. The van der Waals surface area contributed by atoms with Gasteiger partial charge in [-0.25, -0.2) is 23.2 Å². The first-order chi connectivity index (χ1) is 18.7. The van der Waals surface area contributed by atoms with Gasteiger partial charge < -0.3 is 15.3 Å². The normalized spacial score (nSPS) is 16.8. The Morgan fingerprint density at radius 1 is 0.925 bits per heavy atom. The van der Waals surface area contributed by atoms with Crippen LogP contribution in [0.2, 0.25) is 0 Å². The van der Waals surface area contributed by atoms with Crippen LogP contribution in [0.3, 0.4) is 0 Å². The number of piperazine rings is 1. The molecule has 17 heteroatoms. The van der Waals surface area contributed by atoms with Gasteiger partial charge in [0.25, 0.3) is 0 Å². The third-order valence-corrected chi connectivity index (χ3v) is 7.88. The maximum absolute atomic E-state index is 13.0. The zero-order chi connectivity index (χ0) is 29.3. The molecule has 3 heterocycles. The number of carboxylic acids is 1. The van der Waals surface area contributed by atoms with Gasteiger partial charge in [-0.2, -0.15) is 30.6 Å². The van der Waals surface area contributed by atoms with Crippen LogP contribution in [0.5, 0.6) is 0 Å². The van der Waals surface area contributed by atoms with E-state index in [0.29, 0.717) is 36.3 Å². The Morgan fingerprint density at radius 3 is 2.05 bits per heavy atom. The van der Waals surface area contributed by atoms with Gasteiger partial charge in [0.1, 0.15) is 5.52 Å². The van der Waals surface area contributed by atoms with E-state index < -0.39 is 33.9 Å². The largest absolute Gasteiger partial charge is 0.490 e. The number of hydrogen-bond donors (Lipinski definition) is 2. The van der Waals surface area contributed by atoms with Gasteiger partial charge in [-0.15, -0.1) is 0 Å². The zero-order valence-electron chi connectivity index (χ0n) is 20.4. The van der Waals surface area contributed by atoms with E-state index in [1.165, 1.54) is 4.31 Å². The zero-order valence-corrected chi connectivity index (χ0v) is 21.3. The lowest BCUT2D eigenvalue weighted by molar-refractivity contribution is -0.192. The number of benzene rings is 1. The maximum Gasteiger partial charge on any atom is 0.490 e. The summed E-state index contributed by atoms with van der Waals surface area (Å²) in [5.41, 5.74) is 0.486. The summed E-state index contributed by atoms with van der Waals surface area (Å²) < 4.78 is 97.4. The van der Waals surface area contributed by atoms with Crippen LogP contribution in [0, 0.1) is 0 Å². The summed E-state index contributed by atoms with van der Waals surface area (Å²) in [4.78, 5) is 24.2. The molecule has 1 aromatic carbocycles. The average Bonchev–Trinajstić information content (AvgIpc) is 3.72. The highest BCUT2D eigenvalue weighted by Gasteiger charge is 2.38. The van der Waals surface area contributed by atoms with Gasteiger partial charge in [0.05, 0.1) is 22.2 Å². The number of alkyl halides is 6. The summed E-state index contributed by atoms with van der Waals surface area (Å²) in [5.74, 6) is -1.45. The SMILES string of the molecule is O=C(O)C(F)(F)F.O=S(=O)(c1ccc(C(F)(F)F)cc1)N1CCN(c2nc3cnccc3nc2NC2CC2)CC1. The van der Waals surface area contributed by atoms with E-state index in [9.17, 15) is 34.8 Å². The number of nitrogens with zero attached hydrogens (tertiary/aromatic N) is 5. The van der Waals surface area contributed by atoms with Crippen LogP contribution in [0.1, 0.15) is 18.4 Å². The van der Waals surface area contributed by atoms with Gasteiger partial charge >= 0.3 is 18.3 Å². The lowest BCUT2D eigenvalue weighted by Crippen LogP contribution is -2.49. The smallest absolute Gasteiger partial charge is 0.475 e. The number of aliphatic carboxylic acids is 1. The number of halogens is 6. The van der Waals surface area contributed by atoms with Crippen molar-refractivity contribution in [3.05, 3.63) is 48.3 Å². The molecule has 2 aliphatic rings. The summed E-state index contributed by atoms with van der Waals surface area (Å²) in [6.45, 7) is 1.11. The summed E-state index contributed by atoms with van der Waals surface area (Å²) in [7, 11) is -3.91. The third kappa shape index (κ3) is 6.88. The Bertz CT molecular complexity index is 1470. The molecule has 0 spiro atoms. The predicted molar refractivity (Wildman–Crippen MR) is 130 cm³/mol. The van der Waals surface area contributed by atoms with Crippen molar-refractivity contribution in [1.82, 2.24) is 19.3 Å². The Morgan fingerprint density at radius 2 is 1.52 bits per heavy atom. The molecule has 2 fully saturated rings. The highest BCUT2D eigenvalue weighted by molar-refractivity contribution is 7.89. The van der Waals surface area contributed by atoms with E-state index in [2.05, 4.69) is 10.3 Å². The fourth-order valence-electron chi connectivity index (χ4n) is 3.74. The topological polar surface area (TPSA) is 129 Å². The van der Waals surface area contributed by atoms with Gasteiger partial charge in [-0.3, -0.25) is 4.98 Å². The van der Waals surface area contributed by atoms with Crippen molar-refractivity contribution in [3.8, 4) is 0 Å². The fraction of sp³-hybridized carbons (Fsp3) is 0.391. The molecular weight excluding hydrogens is 570 g/mol. The average molecular weight is 593 g/mol. The molecule has 40 heavy (non-hydrogen) atoms. The number of sulfonamides is 1. The molecular formula is C23H22F6N6O4S. The summed E-state index contributed by atoms with van der Waals surface area (Å²) >= 11 is 0. The van der Waals surface area contributed by atoms with Crippen molar-refractivity contribution < 1.29 is 44.7 Å². The van der Waals surface area contributed by atoms with E-state index in [1.807, 2.05) is 4.90 Å². The number of nitrogens with one attached hydrogen (secondary N) is 1. The lowest BCUT2D eigenvalue weighted by atomic mass is 10.2. The van der Waals surface area contributed by atoms with E-state index >= 15 is 0 Å². The Kier molecular flexibility index (Phi) is 8.07. The number of carbonyl (C=O) groups is 1. The van der Waals surface area contributed by atoms with Gasteiger partial charge in [0, 0.05) is 38.4 Å². The number of aromatic nitrogens is 3. The number of carboxylic acid groups (broad SMARTS) is 1. The predicted octanol–water partition coefficient (Wildman–Crippen LogP) is 3.76. The van der Waals surface area contributed by atoms with E-state index in [1.54, 1.807) is 18.5 Å². The first kappa shape index (κ1) is 29.3. The van der Waals surface area contributed by atoms with Crippen molar-refractivity contribution in [2.45, 2.75) is 36.1 Å². The van der Waals surface area contributed by atoms with Gasteiger partial charge in [0.2, 0.25) is 10.0 Å². The second-order valence-electron chi connectivity index (χ2n) is 8.90. The molecule has 0 unspecified atom stereocenters. The second-order valence-corrected chi connectivity index (χ2v) is 10.8. The number of hydrogen-bond acceptors (Lipinski definition) is 8. The van der Waals surface area contributed by atoms with Gasteiger partial charge in [0.15, 0.2) is 11.6 Å². The molecule has 1 saturated carbocycles. The first-order valence-electron chi connectivity index (χ1n) is 11.8. The molecule has 10 nitrogen and oxygen atoms in total. The number of anilines is 2. The maximum atomic E-state index is 13.0. The standard InChI is InChI=1S/C21H21F3N6O2S.C2HF3O2/c22-21(23,24)14-1-5-16(6-2-14)33(31,32)30-11-9-29(10-12-30)20-19(26-15-3-4-15)27-17-7-8-25-13-18(17)28-20;3-2(4,5)1(6)7/h1-2,5-8,13,15H,3-4,9-12H2,(H,26,27);(H,6,7). The molecule has 0 amide bonds. The molecule has 1 saturated heterocycles. The van der Waals surface area contributed by atoms with Crippen molar-refractivity contribution in [1.29, 1.82) is 0 Å². The first-order valence-corrected chi connectivity index (χ1v) is 13.2. The van der Waals surface area contributed by atoms with Gasteiger partial charge in [-0.1, -0.05) is 0 Å². The molecule has 5 rings (SSSR count). The monoisotopic (exact) mass is 592 g/mol. The molecule has 216 valence electrons. The summed E-state index contributed by atoms with van der Waals surface area (Å²) in [6.07, 6.45) is -4.18. The van der Waals surface area contributed by atoms with Gasteiger partial charge in [-0.05, 0) is 43.2 Å². The number of pyridine rings is 1. The molecule has 0 atom stereocenters. The number of rotatable bonds is 5. The molecule has 0 bridgehead atoms. The highest BCUT2D eigenvalue weighted by Crippen LogP contribution is 2.33. The van der Waals surface area contributed by atoms with E-state index in [4.69, 9.17) is 19.9 Å². The van der Waals surface area contributed by atoms with Crippen molar-refractivity contribution in [3.63, 3.8) is 0 Å². The van der Waals surface area contributed by atoms with Crippen molar-refractivity contribution >= 4 is 38.7 Å². The molecule has 1 aliphatic heterocycles. The highest BCUT2D eigenvalue weighted by atomic mass is 32.2. The summed E-state index contributed by atoms with van der Waals surface area (Å²) in [6, 6.07) is 5.74. The van der Waals surface area contributed by atoms with Crippen molar-refractivity contribution in [2.75, 3.05) is 36.4 Å². The van der Waals surface area contributed by atoms with Crippen LogP contribution in [-0.2, 0) is 21.0 Å². The van der Waals surface area contributed by atoms with Crippen LogP contribution in [0.25, 0.3) is 11.0 Å². The minimum Gasteiger partial charge on any atom is -0.475 e.